The third-order valence-electron chi connectivity index (χ3n) is 4.76. The average molecular weight is 556 g/mol. The molecule has 37 heavy (non-hydrogen) atoms. The van der Waals surface area contributed by atoms with Crippen LogP contribution in [0.25, 0.3) is 10.8 Å². The zero-order valence-electron chi connectivity index (χ0n) is 19.5. The van der Waals surface area contributed by atoms with Crippen LogP contribution in [0.4, 0.5) is 22.7 Å². The van der Waals surface area contributed by atoms with Gasteiger partial charge in [0.2, 0.25) is 0 Å². The fourth-order valence-electron chi connectivity index (χ4n) is 3.06. The van der Waals surface area contributed by atoms with Crippen LogP contribution in [0.1, 0.15) is 0 Å². The molecule has 0 spiro atoms. The molecule has 0 saturated carbocycles. The molecule has 4 aromatic rings. The first-order valence-electron chi connectivity index (χ1n) is 9.72. The summed E-state index contributed by atoms with van der Waals surface area (Å²) in [7, 11) is -8.94. The third kappa shape index (κ3) is 7.74. The molecule has 0 unspecified atom stereocenters. The van der Waals surface area contributed by atoms with Crippen molar-refractivity contribution in [1.82, 2.24) is 0 Å². The maximum Gasteiger partial charge on any atom is 1.00 e. The van der Waals surface area contributed by atoms with Gasteiger partial charge >= 0.3 is 59.1 Å². The van der Waals surface area contributed by atoms with E-state index in [1.54, 1.807) is 24.3 Å². The van der Waals surface area contributed by atoms with Gasteiger partial charge in [-0.2, -0.15) is 23.8 Å². The Labute approximate surface area is 256 Å². The largest absolute Gasteiger partial charge is 1.00 e. The van der Waals surface area contributed by atoms with Crippen molar-refractivity contribution in [2.45, 2.75) is 9.79 Å². The van der Waals surface area contributed by atoms with Crippen LogP contribution in [0.15, 0.2) is 109 Å². The summed E-state index contributed by atoms with van der Waals surface area (Å²) in [6.07, 6.45) is 0. The molecule has 0 aliphatic carbocycles. The summed E-state index contributed by atoms with van der Waals surface area (Å²) in [6, 6.07) is 17.8. The van der Waals surface area contributed by atoms with E-state index in [0.717, 1.165) is 24.3 Å². The Morgan fingerprint density at radius 1 is 0.622 bits per heavy atom. The van der Waals surface area contributed by atoms with Crippen LogP contribution in [0.5, 0.6) is 5.75 Å². The molecule has 15 heteroatoms. The first-order valence-corrected chi connectivity index (χ1v) is 12.6. The predicted octanol–water partition coefficient (Wildman–Crippen LogP) is -1.10. The second kappa shape index (κ2) is 12.7. The van der Waals surface area contributed by atoms with Gasteiger partial charge in [0.25, 0.3) is 10.1 Å². The molecule has 0 amide bonds. The molecular formula is C22H14N4Na2O7S2. The van der Waals surface area contributed by atoms with Gasteiger partial charge in [-0.3, -0.25) is 4.55 Å². The van der Waals surface area contributed by atoms with E-state index in [0.29, 0.717) is 10.8 Å². The van der Waals surface area contributed by atoms with E-state index in [1.807, 2.05) is 0 Å². The SMILES string of the molecule is O=S(=O)([O-])c1ccc(N=Nc2cc(N=Nc3ccc(S(=O)(=O)O)cc3)c([O-])c3ccccc23)cc1.[Na+].[Na+]. The number of benzene rings is 4. The first kappa shape index (κ1) is 31.2. The van der Waals surface area contributed by atoms with Crippen molar-refractivity contribution in [2.24, 2.45) is 20.5 Å². The van der Waals surface area contributed by atoms with Gasteiger partial charge < -0.3 is 9.66 Å². The molecule has 0 aliphatic rings. The molecule has 0 saturated heterocycles. The van der Waals surface area contributed by atoms with Gasteiger partial charge in [-0.25, -0.2) is 8.42 Å². The van der Waals surface area contributed by atoms with E-state index in [4.69, 9.17) is 4.55 Å². The smallest absolute Gasteiger partial charge is 0.871 e. The minimum Gasteiger partial charge on any atom is -0.871 e. The molecular weight excluding hydrogens is 542 g/mol. The average Bonchev–Trinajstić information content (AvgIpc) is 2.82. The molecule has 178 valence electrons. The summed E-state index contributed by atoms with van der Waals surface area (Å²) in [5.74, 6) is -0.414. The van der Waals surface area contributed by atoms with Crippen molar-refractivity contribution in [1.29, 1.82) is 0 Å². The number of rotatable bonds is 6. The quantitative estimate of drug-likeness (QED) is 0.178. The molecule has 0 aliphatic heterocycles. The van der Waals surface area contributed by atoms with Crippen LogP contribution in [0.2, 0.25) is 0 Å². The van der Waals surface area contributed by atoms with E-state index in [-0.39, 0.29) is 86.8 Å². The van der Waals surface area contributed by atoms with E-state index < -0.39 is 30.9 Å². The van der Waals surface area contributed by atoms with Crippen molar-refractivity contribution >= 4 is 53.8 Å². The van der Waals surface area contributed by atoms with Crippen LogP contribution in [0, 0.1) is 0 Å². The standard InChI is InChI=1S/C22H16N4O7S2.2Na/c27-22-19-4-2-1-3-18(19)20(25-23-14-5-9-16(10-6-14)34(28,29)30)13-21(22)26-24-15-7-11-17(12-8-15)35(31,32)33;;/h1-13,27H,(H,28,29,30)(H,31,32,33);;/q;2*+1/p-2. The van der Waals surface area contributed by atoms with Gasteiger partial charge in [-0.1, -0.05) is 30.0 Å². The van der Waals surface area contributed by atoms with Gasteiger partial charge in [0, 0.05) is 5.39 Å². The fourth-order valence-corrected chi connectivity index (χ4v) is 4.01. The van der Waals surface area contributed by atoms with Gasteiger partial charge in [-0.05, 0) is 60.0 Å². The summed E-state index contributed by atoms with van der Waals surface area (Å²) in [6.45, 7) is 0. The minimum atomic E-state index is -4.59. The summed E-state index contributed by atoms with van der Waals surface area (Å²) >= 11 is 0. The second-order valence-electron chi connectivity index (χ2n) is 7.11. The Morgan fingerprint density at radius 2 is 1.08 bits per heavy atom. The predicted molar refractivity (Wildman–Crippen MR) is 122 cm³/mol. The third-order valence-corrected chi connectivity index (χ3v) is 6.48. The molecule has 0 fully saturated rings. The van der Waals surface area contributed by atoms with Crippen LogP contribution in [-0.4, -0.2) is 25.9 Å². The van der Waals surface area contributed by atoms with E-state index in [9.17, 15) is 26.5 Å². The Kier molecular flexibility index (Phi) is 10.7. The number of hydrogen-bond donors (Lipinski definition) is 1. The fraction of sp³-hybridized carbons (Fsp3) is 0. The van der Waals surface area contributed by atoms with Crippen LogP contribution < -0.4 is 64.2 Å². The summed E-state index contributed by atoms with van der Waals surface area (Å²) in [4.78, 5) is -0.708. The number of fused-ring (bicyclic) bond motifs is 1. The maximum absolute atomic E-state index is 12.9. The van der Waals surface area contributed by atoms with Gasteiger partial charge in [-0.15, -0.1) is 5.11 Å². The Bertz CT molecular complexity index is 1690. The molecule has 1 N–H and O–H groups in total. The number of azo groups is 2. The van der Waals surface area contributed by atoms with Crippen molar-refractivity contribution in [3.63, 3.8) is 0 Å². The molecule has 0 bridgehead atoms. The minimum absolute atomic E-state index is 0. The van der Waals surface area contributed by atoms with Crippen LogP contribution in [0.3, 0.4) is 0 Å². The van der Waals surface area contributed by atoms with E-state index in [1.165, 1.54) is 30.3 Å². The summed E-state index contributed by atoms with van der Waals surface area (Å²) in [5, 5.41) is 29.8. The molecule has 11 nitrogen and oxygen atoms in total. The summed E-state index contributed by atoms with van der Waals surface area (Å²) in [5.41, 5.74) is 0.747. The van der Waals surface area contributed by atoms with Crippen molar-refractivity contribution in [3.05, 3.63) is 78.9 Å². The first-order chi connectivity index (χ1) is 16.5. The number of nitrogens with zero attached hydrogens (tertiary/aromatic N) is 4. The molecule has 0 aromatic heterocycles. The normalized spacial score (nSPS) is 11.9. The van der Waals surface area contributed by atoms with E-state index in [2.05, 4.69) is 20.5 Å². The molecule has 4 aromatic carbocycles. The molecule has 0 radical (unpaired) electrons. The van der Waals surface area contributed by atoms with E-state index >= 15 is 0 Å². The zero-order chi connectivity index (χ0) is 25.2. The van der Waals surface area contributed by atoms with Crippen LogP contribution >= 0.6 is 0 Å². The summed E-state index contributed by atoms with van der Waals surface area (Å²) < 4.78 is 64.6. The van der Waals surface area contributed by atoms with Gasteiger partial charge in [0.15, 0.2) is 0 Å². The maximum atomic E-state index is 12.9. The second-order valence-corrected chi connectivity index (χ2v) is 9.91. The van der Waals surface area contributed by atoms with Gasteiger partial charge in [0.05, 0.1) is 32.5 Å². The molecule has 0 heterocycles. The van der Waals surface area contributed by atoms with Crippen molar-refractivity contribution < 1.29 is 90.2 Å². The van der Waals surface area contributed by atoms with Crippen molar-refractivity contribution in [3.8, 4) is 5.75 Å². The van der Waals surface area contributed by atoms with Crippen LogP contribution in [-0.2, 0) is 20.2 Å². The van der Waals surface area contributed by atoms with Crippen molar-refractivity contribution in [2.75, 3.05) is 0 Å². The molecule has 0 atom stereocenters. The zero-order valence-corrected chi connectivity index (χ0v) is 25.1. The topological polar surface area (TPSA) is 184 Å². The Hall–Kier alpha value is -2.04. The van der Waals surface area contributed by atoms with Gasteiger partial charge in [0.1, 0.15) is 10.1 Å². The Morgan fingerprint density at radius 3 is 1.57 bits per heavy atom. The number of hydrogen-bond acceptors (Lipinski definition) is 10. The monoisotopic (exact) mass is 556 g/mol. The molecule has 4 rings (SSSR count). The Balaban J connectivity index is 0.00000241.